The largest absolute Gasteiger partial charge is 0.481 e. The molecule has 0 aromatic carbocycles. The van der Waals surface area contributed by atoms with E-state index in [1.165, 1.54) is 0 Å². The fourth-order valence-electron chi connectivity index (χ4n) is 1.87. The van der Waals surface area contributed by atoms with Gasteiger partial charge in [0, 0.05) is 18.4 Å². The van der Waals surface area contributed by atoms with E-state index < -0.39 is 5.97 Å². The summed E-state index contributed by atoms with van der Waals surface area (Å²) in [5.41, 5.74) is 0.530. The van der Waals surface area contributed by atoms with Gasteiger partial charge in [0.05, 0.1) is 5.69 Å². The van der Waals surface area contributed by atoms with E-state index in [-0.39, 0.29) is 17.7 Å². The topological polar surface area (TPSA) is 92.2 Å². The van der Waals surface area contributed by atoms with Crippen molar-refractivity contribution in [2.24, 2.45) is 0 Å². The summed E-state index contributed by atoms with van der Waals surface area (Å²) < 4.78 is 3.87. The van der Waals surface area contributed by atoms with Crippen molar-refractivity contribution in [3.63, 3.8) is 0 Å². The standard InChI is InChI=1S/C14H23N3O3S/c1-14(2,3)12-11(21-17-16-12)13(20)15-9-7-5-4-6-8-10(18)19/h4-9H2,1-3H3,(H,15,20)(H,18,19). The fourth-order valence-corrected chi connectivity index (χ4v) is 2.66. The molecule has 1 heterocycles. The molecule has 0 aliphatic heterocycles. The van der Waals surface area contributed by atoms with Crippen LogP contribution in [0.25, 0.3) is 0 Å². The highest BCUT2D eigenvalue weighted by Crippen LogP contribution is 2.25. The molecule has 0 radical (unpaired) electrons. The van der Waals surface area contributed by atoms with E-state index in [9.17, 15) is 9.59 Å². The van der Waals surface area contributed by atoms with Crippen LogP contribution >= 0.6 is 11.5 Å². The molecule has 6 nitrogen and oxygen atoms in total. The number of aromatic nitrogens is 2. The van der Waals surface area contributed by atoms with Gasteiger partial charge in [-0.2, -0.15) is 0 Å². The number of unbranched alkanes of at least 4 members (excludes halogenated alkanes) is 3. The lowest BCUT2D eigenvalue weighted by Gasteiger charge is -2.16. The maximum absolute atomic E-state index is 12.1. The number of hydrogen-bond acceptors (Lipinski definition) is 5. The number of carboxylic acid groups (broad SMARTS) is 1. The molecule has 118 valence electrons. The molecule has 1 aromatic heterocycles. The van der Waals surface area contributed by atoms with Crippen LogP contribution in [-0.4, -0.2) is 33.1 Å². The van der Waals surface area contributed by atoms with Gasteiger partial charge in [0.2, 0.25) is 0 Å². The minimum Gasteiger partial charge on any atom is -0.481 e. The number of rotatable bonds is 8. The zero-order valence-electron chi connectivity index (χ0n) is 12.8. The van der Waals surface area contributed by atoms with Crippen molar-refractivity contribution in [1.29, 1.82) is 0 Å². The first-order valence-electron chi connectivity index (χ1n) is 7.15. The van der Waals surface area contributed by atoms with Crippen molar-refractivity contribution in [1.82, 2.24) is 14.9 Å². The Morgan fingerprint density at radius 3 is 2.48 bits per heavy atom. The SMILES string of the molecule is CC(C)(C)c1nnsc1C(=O)NCCCCCCC(=O)O. The first kappa shape index (κ1) is 17.6. The molecule has 0 saturated carbocycles. The summed E-state index contributed by atoms with van der Waals surface area (Å²) >= 11 is 1.12. The summed E-state index contributed by atoms with van der Waals surface area (Å²) in [6, 6.07) is 0. The van der Waals surface area contributed by atoms with Crippen molar-refractivity contribution in [2.45, 2.75) is 58.3 Å². The lowest BCUT2D eigenvalue weighted by atomic mass is 9.91. The summed E-state index contributed by atoms with van der Waals surface area (Å²) in [5.74, 6) is -0.879. The van der Waals surface area contributed by atoms with E-state index in [1.54, 1.807) is 0 Å². The summed E-state index contributed by atoms with van der Waals surface area (Å²) in [6.07, 6.45) is 3.55. The Morgan fingerprint density at radius 2 is 1.86 bits per heavy atom. The van der Waals surface area contributed by atoms with Gasteiger partial charge in [-0.3, -0.25) is 9.59 Å². The molecule has 0 spiro atoms. The second-order valence-electron chi connectivity index (χ2n) is 6.01. The number of nitrogens with zero attached hydrogens (tertiary/aromatic N) is 2. The van der Waals surface area contributed by atoms with Crippen molar-refractivity contribution >= 4 is 23.4 Å². The summed E-state index contributed by atoms with van der Waals surface area (Å²) in [6.45, 7) is 6.60. The summed E-state index contributed by atoms with van der Waals surface area (Å²) in [5, 5.41) is 15.4. The maximum Gasteiger partial charge on any atom is 0.303 e. The molecule has 0 saturated heterocycles. The van der Waals surface area contributed by atoms with Gasteiger partial charge < -0.3 is 10.4 Å². The highest BCUT2D eigenvalue weighted by atomic mass is 32.1. The van der Waals surface area contributed by atoms with Crippen LogP contribution in [0.15, 0.2) is 0 Å². The quantitative estimate of drug-likeness (QED) is 0.720. The second-order valence-corrected chi connectivity index (χ2v) is 6.77. The number of carbonyl (C=O) groups is 2. The molecule has 1 aromatic rings. The Labute approximate surface area is 129 Å². The molecule has 2 N–H and O–H groups in total. The monoisotopic (exact) mass is 313 g/mol. The third-order valence-electron chi connectivity index (χ3n) is 3.01. The number of amides is 1. The van der Waals surface area contributed by atoms with Gasteiger partial charge in [-0.15, -0.1) is 5.10 Å². The Hall–Kier alpha value is -1.50. The van der Waals surface area contributed by atoms with Gasteiger partial charge in [0.1, 0.15) is 4.88 Å². The number of carboxylic acids is 1. The highest BCUT2D eigenvalue weighted by molar-refractivity contribution is 7.08. The maximum atomic E-state index is 12.1. The third-order valence-corrected chi connectivity index (χ3v) is 3.73. The van der Waals surface area contributed by atoms with Crippen LogP contribution in [0.3, 0.4) is 0 Å². The van der Waals surface area contributed by atoms with Gasteiger partial charge >= 0.3 is 5.97 Å². The van der Waals surface area contributed by atoms with Gasteiger partial charge in [-0.05, 0) is 24.4 Å². The van der Waals surface area contributed by atoms with Crippen molar-refractivity contribution in [2.75, 3.05) is 6.54 Å². The van der Waals surface area contributed by atoms with Crippen LogP contribution in [0.4, 0.5) is 0 Å². The lowest BCUT2D eigenvalue weighted by Crippen LogP contribution is -2.27. The smallest absolute Gasteiger partial charge is 0.303 e. The van der Waals surface area contributed by atoms with Crippen LogP contribution in [0.2, 0.25) is 0 Å². The number of carbonyl (C=O) groups excluding carboxylic acids is 1. The molecule has 1 amide bonds. The van der Waals surface area contributed by atoms with Gasteiger partial charge in [0.15, 0.2) is 0 Å². The molecule has 0 aliphatic rings. The van der Waals surface area contributed by atoms with Crippen LogP contribution in [-0.2, 0) is 10.2 Å². The van der Waals surface area contributed by atoms with E-state index in [0.717, 1.165) is 36.5 Å². The average Bonchev–Trinajstić information content (AvgIpc) is 2.86. The molecule has 0 aliphatic carbocycles. The molecule has 1 rings (SSSR count). The zero-order chi connectivity index (χ0) is 15.9. The molecule has 21 heavy (non-hydrogen) atoms. The van der Waals surface area contributed by atoms with E-state index in [2.05, 4.69) is 14.9 Å². The molecule has 0 atom stereocenters. The number of aliphatic carboxylic acids is 1. The van der Waals surface area contributed by atoms with Crippen LogP contribution < -0.4 is 5.32 Å². The van der Waals surface area contributed by atoms with Crippen molar-refractivity contribution in [3.05, 3.63) is 10.6 Å². The first-order valence-corrected chi connectivity index (χ1v) is 7.92. The molecule has 7 heteroatoms. The molecule has 0 unspecified atom stereocenters. The van der Waals surface area contributed by atoms with E-state index in [4.69, 9.17) is 5.11 Å². The number of hydrogen-bond donors (Lipinski definition) is 2. The lowest BCUT2D eigenvalue weighted by molar-refractivity contribution is -0.137. The Kier molecular flexibility index (Phi) is 6.74. The van der Waals surface area contributed by atoms with Crippen LogP contribution in [0.5, 0.6) is 0 Å². The van der Waals surface area contributed by atoms with Gasteiger partial charge in [0.25, 0.3) is 5.91 Å². The van der Waals surface area contributed by atoms with Gasteiger partial charge in [-0.1, -0.05) is 38.1 Å². The summed E-state index contributed by atoms with van der Waals surface area (Å²) in [4.78, 5) is 23.0. The Bertz CT molecular complexity index is 480. The highest BCUT2D eigenvalue weighted by Gasteiger charge is 2.25. The first-order chi connectivity index (χ1) is 9.82. The minimum absolute atomic E-state index is 0.125. The molecular formula is C14H23N3O3S. The van der Waals surface area contributed by atoms with E-state index >= 15 is 0 Å². The predicted octanol–water partition coefficient (Wildman–Crippen LogP) is 2.60. The van der Waals surface area contributed by atoms with Crippen LogP contribution in [0.1, 0.15) is 68.2 Å². The van der Waals surface area contributed by atoms with Crippen molar-refractivity contribution < 1.29 is 14.7 Å². The number of nitrogens with one attached hydrogen (secondary N) is 1. The van der Waals surface area contributed by atoms with Gasteiger partial charge in [-0.25, -0.2) is 0 Å². The minimum atomic E-state index is -0.754. The van der Waals surface area contributed by atoms with E-state index in [1.807, 2.05) is 20.8 Å². The summed E-state index contributed by atoms with van der Waals surface area (Å²) in [7, 11) is 0. The van der Waals surface area contributed by atoms with Crippen LogP contribution in [0, 0.1) is 0 Å². The second kappa shape index (κ2) is 8.07. The normalized spacial score (nSPS) is 11.4. The fraction of sp³-hybridized carbons (Fsp3) is 0.714. The third kappa shape index (κ3) is 6.20. The zero-order valence-corrected chi connectivity index (χ0v) is 13.6. The molecule has 0 fully saturated rings. The average molecular weight is 313 g/mol. The Balaban J connectivity index is 2.29. The van der Waals surface area contributed by atoms with E-state index in [0.29, 0.717) is 17.8 Å². The van der Waals surface area contributed by atoms with Crippen molar-refractivity contribution in [3.8, 4) is 0 Å². The molecule has 0 bridgehead atoms. The molecular weight excluding hydrogens is 290 g/mol. The Morgan fingerprint density at radius 1 is 1.19 bits per heavy atom. The predicted molar refractivity (Wildman–Crippen MR) is 81.7 cm³/mol.